The lowest BCUT2D eigenvalue weighted by Gasteiger charge is -2.30. The molecule has 2 N–H and O–H groups in total. The number of sulfone groups is 1. The second kappa shape index (κ2) is 4.57. The van der Waals surface area contributed by atoms with Gasteiger partial charge in [0.2, 0.25) is 5.91 Å². The third-order valence-electron chi connectivity index (χ3n) is 3.70. The van der Waals surface area contributed by atoms with Gasteiger partial charge >= 0.3 is 0 Å². The quantitative estimate of drug-likeness (QED) is 0.776. The van der Waals surface area contributed by atoms with Crippen LogP contribution in [-0.2, 0) is 14.6 Å². The summed E-state index contributed by atoms with van der Waals surface area (Å²) >= 11 is 0. The van der Waals surface area contributed by atoms with Gasteiger partial charge in [-0.2, -0.15) is 0 Å². The summed E-state index contributed by atoms with van der Waals surface area (Å²) in [6.45, 7) is 5.97. The van der Waals surface area contributed by atoms with Crippen LogP contribution in [0.2, 0.25) is 0 Å². The molecule has 5 nitrogen and oxygen atoms in total. The predicted octanol–water partition coefficient (Wildman–Crippen LogP) is 0.00530. The van der Waals surface area contributed by atoms with Crippen molar-refractivity contribution in [3.63, 3.8) is 0 Å². The number of hydrogen-bond acceptors (Lipinski definition) is 4. The molecule has 0 aromatic rings. The fraction of sp³-hybridized carbons (Fsp3) is 0.909. The first-order chi connectivity index (χ1) is 7.61. The number of nitrogens with zero attached hydrogens (tertiary/aromatic N) is 1. The van der Waals surface area contributed by atoms with E-state index in [1.165, 1.54) is 13.8 Å². The molecule has 1 amide bonds. The van der Waals surface area contributed by atoms with E-state index >= 15 is 0 Å². The maximum Gasteiger partial charge on any atom is 0.243 e. The second-order valence-corrected chi connectivity index (χ2v) is 7.99. The second-order valence-electron chi connectivity index (χ2n) is 5.43. The van der Waals surface area contributed by atoms with E-state index in [0.717, 1.165) is 12.7 Å². The van der Waals surface area contributed by atoms with Crippen molar-refractivity contribution in [2.45, 2.75) is 38.0 Å². The lowest BCUT2D eigenvalue weighted by atomic mass is 10.1. The normalized spacial score (nSPS) is 26.3. The standard InChI is InChI=1S/C11H22N2O3S/c1-8-5-9(6-12)7-13(8)10(14)11(2,3)17(4,15)16/h8-9H,5-7,12H2,1-4H3. The van der Waals surface area contributed by atoms with Crippen LogP contribution in [0.15, 0.2) is 0 Å². The van der Waals surface area contributed by atoms with E-state index in [4.69, 9.17) is 5.73 Å². The highest BCUT2D eigenvalue weighted by molar-refractivity contribution is 7.92. The van der Waals surface area contributed by atoms with Gasteiger partial charge in [-0.1, -0.05) is 0 Å². The molecule has 17 heavy (non-hydrogen) atoms. The summed E-state index contributed by atoms with van der Waals surface area (Å²) in [6, 6.07) is 0.0667. The van der Waals surface area contributed by atoms with Crippen molar-refractivity contribution >= 4 is 15.7 Å². The number of amides is 1. The van der Waals surface area contributed by atoms with E-state index in [1.807, 2.05) is 6.92 Å². The zero-order valence-electron chi connectivity index (χ0n) is 10.9. The zero-order valence-corrected chi connectivity index (χ0v) is 11.8. The van der Waals surface area contributed by atoms with Gasteiger partial charge in [0, 0.05) is 18.8 Å². The Labute approximate surface area is 103 Å². The van der Waals surface area contributed by atoms with Crippen molar-refractivity contribution in [3.8, 4) is 0 Å². The number of likely N-dealkylation sites (tertiary alicyclic amines) is 1. The summed E-state index contributed by atoms with van der Waals surface area (Å²) in [5.74, 6) is -0.0345. The Bertz CT molecular complexity index is 403. The predicted molar refractivity (Wildman–Crippen MR) is 67.3 cm³/mol. The number of carbonyl (C=O) groups is 1. The third-order valence-corrected chi connectivity index (χ3v) is 5.73. The molecule has 1 saturated heterocycles. The molecule has 0 aromatic heterocycles. The first-order valence-electron chi connectivity index (χ1n) is 5.82. The number of hydrogen-bond donors (Lipinski definition) is 1. The molecule has 0 radical (unpaired) electrons. The van der Waals surface area contributed by atoms with Crippen LogP contribution in [0.25, 0.3) is 0 Å². The molecule has 2 atom stereocenters. The van der Waals surface area contributed by atoms with Gasteiger partial charge in [0.15, 0.2) is 9.84 Å². The summed E-state index contributed by atoms with van der Waals surface area (Å²) < 4.78 is 21.9. The largest absolute Gasteiger partial charge is 0.338 e. The molecule has 1 fully saturated rings. The Kier molecular flexibility index (Phi) is 3.88. The van der Waals surface area contributed by atoms with Gasteiger partial charge in [0.05, 0.1) is 0 Å². The molecule has 2 unspecified atom stereocenters. The van der Waals surface area contributed by atoms with Crippen LogP contribution < -0.4 is 5.73 Å². The van der Waals surface area contributed by atoms with Crippen LogP contribution in [0.4, 0.5) is 0 Å². The number of nitrogens with two attached hydrogens (primary N) is 1. The fourth-order valence-corrected chi connectivity index (χ4v) is 2.54. The van der Waals surface area contributed by atoms with Gasteiger partial charge in [0.1, 0.15) is 4.75 Å². The minimum Gasteiger partial charge on any atom is -0.338 e. The van der Waals surface area contributed by atoms with E-state index in [0.29, 0.717) is 13.1 Å². The van der Waals surface area contributed by atoms with E-state index < -0.39 is 14.6 Å². The Hall–Kier alpha value is -0.620. The molecule has 1 rings (SSSR count). The highest BCUT2D eigenvalue weighted by Crippen LogP contribution is 2.27. The zero-order chi connectivity index (χ0) is 13.4. The molecule has 1 aliphatic rings. The smallest absolute Gasteiger partial charge is 0.243 e. The molecule has 1 aliphatic heterocycles. The molecule has 100 valence electrons. The maximum absolute atomic E-state index is 12.3. The molecule has 6 heteroatoms. The highest BCUT2D eigenvalue weighted by Gasteiger charge is 2.44. The molecule has 0 spiro atoms. The van der Waals surface area contributed by atoms with Crippen molar-refractivity contribution in [2.24, 2.45) is 11.7 Å². The molecule has 0 aromatic carbocycles. The first kappa shape index (κ1) is 14.4. The van der Waals surface area contributed by atoms with Crippen molar-refractivity contribution in [1.82, 2.24) is 4.90 Å². The molecule has 0 aliphatic carbocycles. The highest BCUT2D eigenvalue weighted by atomic mass is 32.2. The Morgan fingerprint density at radius 1 is 1.47 bits per heavy atom. The van der Waals surface area contributed by atoms with Gasteiger partial charge in [-0.05, 0) is 39.7 Å². The number of carbonyl (C=O) groups excluding carboxylic acids is 1. The summed E-state index contributed by atoms with van der Waals surface area (Å²) in [5.41, 5.74) is 5.60. The molecular weight excluding hydrogens is 240 g/mol. The van der Waals surface area contributed by atoms with Crippen LogP contribution in [0.3, 0.4) is 0 Å². The first-order valence-corrected chi connectivity index (χ1v) is 7.71. The third kappa shape index (κ3) is 2.63. The van der Waals surface area contributed by atoms with E-state index in [2.05, 4.69) is 0 Å². The monoisotopic (exact) mass is 262 g/mol. The molecule has 0 saturated carbocycles. The number of rotatable bonds is 3. The van der Waals surface area contributed by atoms with Crippen LogP contribution >= 0.6 is 0 Å². The van der Waals surface area contributed by atoms with E-state index in [9.17, 15) is 13.2 Å². The summed E-state index contributed by atoms with van der Waals surface area (Å²) in [6.07, 6.45) is 1.95. The van der Waals surface area contributed by atoms with E-state index in [-0.39, 0.29) is 17.9 Å². The van der Waals surface area contributed by atoms with Crippen molar-refractivity contribution in [1.29, 1.82) is 0 Å². The topological polar surface area (TPSA) is 80.5 Å². The van der Waals surface area contributed by atoms with Crippen LogP contribution in [-0.4, -0.2) is 49.4 Å². The SMILES string of the molecule is CC1CC(CN)CN1C(=O)C(C)(C)S(C)(=O)=O. The van der Waals surface area contributed by atoms with Gasteiger partial charge in [-0.3, -0.25) is 4.79 Å². The Balaban J connectivity index is 2.92. The summed E-state index contributed by atoms with van der Waals surface area (Å²) in [5, 5.41) is 0. The molecule has 0 bridgehead atoms. The van der Waals surface area contributed by atoms with Gasteiger partial charge in [-0.25, -0.2) is 8.42 Å². The van der Waals surface area contributed by atoms with E-state index in [1.54, 1.807) is 4.90 Å². The fourth-order valence-electron chi connectivity index (χ4n) is 2.10. The Morgan fingerprint density at radius 3 is 2.35 bits per heavy atom. The van der Waals surface area contributed by atoms with Crippen molar-refractivity contribution in [2.75, 3.05) is 19.3 Å². The lowest BCUT2D eigenvalue weighted by molar-refractivity contribution is -0.133. The summed E-state index contributed by atoms with van der Waals surface area (Å²) in [4.78, 5) is 13.9. The average Bonchev–Trinajstić information content (AvgIpc) is 2.56. The summed E-state index contributed by atoms with van der Waals surface area (Å²) in [7, 11) is -3.41. The van der Waals surface area contributed by atoms with Gasteiger partial charge in [0.25, 0.3) is 0 Å². The van der Waals surface area contributed by atoms with Crippen LogP contribution in [0.5, 0.6) is 0 Å². The maximum atomic E-state index is 12.3. The lowest BCUT2D eigenvalue weighted by Crippen LogP contribution is -2.50. The van der Waals surface area contributed by atoms with Crippen LogP contribution in [0.1, 0.15) is 27.2 Å². The van der Waals surface area contributed by atoms with Gasteiger partial charge < -0.3 is 10.6 Å². The van der Waals surface area contributed by atoms with Crippen molar-refractivity contribution < 1.29 is 13.2 Å². The minimum atomic E-state index is -3.41. The molecular formula is C11H22N2O3S. The van der Waals surface area contributed by atoms with Crippen molar-refractivity contribution in [3.05, 3.63) is 0 Å². The Morgan fingerprint density at radius 2 is 2.00 bits per heavy atom. The average molecular weight is 262 g/mol. The van der Waals surface area contributed by atoms with Gasteiger partial charge in [-0.15, -0.1) is 0 Å². The minimum absolute atomic E-state index is 0.0667. The van der Waals surface area contributed by atoms with Crippen LogP contribution in [0, 0.1) is 5.92 Å². The molecule has 1 heterocycles.